The predicted octanol–water partition coefficient (Wildman–Crippen LogP) is 3.63. The van der Waals surface area contributed by atoms with Crippen LogP contribution in [0.2, 0.25) is 0 Å². The maximum Gasteiger partial charge on any atom is 0.0289 e. The first-order chi connectivity index (χ1) is 6.58. The van der Waals surface area contributed by atoms with Gasteiger partial charge in [-0.05, 0) is 33.1 Å². The molecule has 0 unspecified atom stereocenters. The number of nitrogens with one attached hydrogen (secondary N) is 1. The van der Waals surface area contributed by atoms with Gasteiger partial charge in [0.1, 0.15) is 0 Å². The highest BCUT2D eigenvalue weighted by Gasteiger charge is 2.16. The third-order valence-electron chi connectivity index (χ3n) is 2.40. The summed E-state index contributed by atoms with van der Waals surface area (Å²) in [4.78, 5) is 0. The molecule has 0 saturated heterocycles. The van der Waals surface area contributed by atoms with Crippen molar-refractivity contribution in [3.05, 3.63) is 36.5 Å². The van der Waals surface area contributed by atoms with Gasteiger partial charge >= 0.3 is 0 Å². The molecule has 1 aliphatic rings. The molecule has 0 saturated carbocycles. The molecule has 0 spiro atoms. The lowest BCUT2D eigenvalue weighted by Gasteiger charge is -2.27. The first kappa shape index (κ1) is 14.5. The highest BCUT2D eigenvalue weighted by atomic mass is 35.5. The molecule has 1 heterocycles. The summed E-state index contributed by atoms with van der Waals surface area (Å²) in [5, 5.41) is 3.61. The zero-order chi connectivity index (χ0) is 10.6. The lowest BCUT2D eigenvalue weighted by molar-refractivity contribution is 0.445. The Kier molecular flexibility index (Phi) is 6.62. The van der Waals surface area contributed by atoms with Gasteiger partial charge in [0.25, 0.3) is 0 Å². The van der Waals surface area contributed by atoms with E-state index in [-0.39, 0.29) is 12.4 Å². The van der Waals surface area contributed by atoms with Crippen LogP contribution in [0.25, 0.3) is 0 Å². The molecule has 0 aromatic rings. The van der Waals surface area contributed by atoms with Crippen molar-refractivity contribution in [2.75, 3.05) is 0 Å². The fourth-order valence-corrected chi connectivity index (χ4v) is 1.90. The molecule has 2 atom stereocenters. The summed E-state index contributed by atoms with van der Waals surface area (Å²) in [6, 6.07) is 1.05. The minimum Gasteiger partial charge on any atom is -0.307 e. The monoisotopic (exact) mass is 227 g/mol. The van der Waals surface area contributed by atoms with E-state index < -0.39 is 0 Å². The zero-order valence-electron chi connectivity index (χ0n) is 9.75. The van der Waals surface area contributed by atoms with E-state index in [9.17, 15) is 0 Å². The van der Waals surface area contributed by atoms with Crippen LogP contribution in [0.3, 0.4) is 0 Å². The molecule has 1 rings (SSSR count). The van der Waals surface area contributed by atoms with Crippen LogP contribution in [-0.2, 0) is 0 Å². The minimum absolute atomic E-state index is 0. The van der Waals surface area contributed by atoms with Crippen molar-refractivity contribution in [3.63, 3.8) is 0 Å². The van der Waals surface area contributed by atoms with Gasteiger partial charge in [0, 0.05) is 12.1 Å². The Hall–Kier alpha value is -0.530. The quantitative estimate of drug-likeness (QED) is 0.724. The van der Waals surface area contributed by atoms with Crippen LogP contribution in [0.5, 0.6) is 0 Å². The van der Waals surface area contributed by atoms with Gasteiger partial charge in [0.05, 0.1) is 0 Å². The summed E-state index contributed by atoms with van der Waals surface area (Å²) in [6.07, 6.45) is 7.78. The Morgan fingerprint density at radius 3 is 2.40 bits per heavy atom. The Balaban J connectivity index is 0.00000196. The second kappa shape index (κ2) is 6.86. The molecule has 15 heavy (non-hydrogen) atoms. The molecular formula is C13H22ClN. The molecule has 1 N–H and O–H groups in total. The Labute approximate surface area is 99.7 Å². The maximum atomic E-state index is 3.95. The van der Waals surface area contributed by atoms with Gasteiger partial charge in [-0.2, -0.15) is 0 Å². The highest BCUT2D eigenvalue weighted by molar-refractivity contribution is 5.85. The van der Waals surface area contributed by atoms with Crippen molar-refractivity contribution in [2.45, 2.75) is 45.2 Å². The second-order valence-electron chi connectivity index (χ2n) is 4.46. The van der Waals surface area contributed by atoms with E-state index >= 15 is 0 Å². The standard InChI is InChI=1S/C13H21N.ClH/c1-10(2)8-12-6-5-7-13(14-12)9-11(3)4;/h5-6,12-14H,1,3,7-9H2,2,4H3;1H/t12-,13+;/m0./s1. The van der Waals surface area contributed by atoms with Gasteiger partial charge in [-0.1, -0.05) is 23.3 Å². The third-order valence-corrected chi connectivity index (χ3v) is 2.40. The minimum atomic E-state index is 0. The van der Waals surface area contributed by atoms with Crippen LogP contribution < -0.4 is 5.32 Å². The molecule has 0 aliphatic carbocycles. The predicted molar refractivity (Wildman–Crippen MR) is 70.6 cm³/mol. The van der Waals surface area contributed by atoms with Gasteiger partial charge < -0.3 is 5.32 Å². The average Bonchev–Trinajstić information content (AvgIpc) is 2.01. The average molecular weight is 228 g/mol. The van der Waals surface area contributed by atoms with Gasteiger partial charge in [-0.25, -0.2) is 0 Å². The lowest BCUT2D eigenvalue weighted by Crippen LogP contribution is -2.39. The molecule has 2 heteroatoms. The van der Waals surface area contributed by atoms with Crippen molar-refractivity contribution in [2.24, 2.45) is 0 Å². The topological polar surface area (TPSA) is 12.0 Å². The van der Waals surface area contributed by atoms with Crippen LogP contribution in [0, 0.1) is 0 Å². The van der Waals surface area contributed by atoms with Gasteiger partial charge in [-0.15, -0.1) is 25.6 Å². The van der Waals surface area contributed by atoms with Crippen molar-refractivity contribution in [1.29, 1.82) is 0 Å². The largest absolute Gasteiger partial charge is 0.307 e. The molecular weight excluding hydrogens is 206 g/mol. The van der Waals surface area contributed by atoms with E-state index in [0.29, 0.717) is 12.1 Å². The highest BCUT2D eigenvalue weighted by Crippen LogP contribution is 2.15. The second-order valence-corrected chi connectivity index (χ2v) is 4.46. The normalized spacial score (nSPS) is 24.4. The molecule has 1 nitrogen and oxygen atoms in total. The molecule has 1 aliphatic heterocycles. The first-order valence-electron chi connectivity index (χ1n) is 5.29. The molecule has 0 fully saturated rings. The summed E-state index contributed by atoms with van der Waals surface area (Å²) in [5.74, 6) is 0. The zero-order valence-corrected chi connectivity index (χ0v) is 10.6. The number of rotatable bonds is 4. The smallest absolute Gasteiger partial charge is 0.0289 e. The van der Waals surface area contributed by atoms with Crippen molar-refractivity contribution < 1.29 is 0 Å². The molecule has 86 valence electrons. The lowest BCUT2D eigenvalue weighted by atomic mass is 9.97. The number of hydrogen-bond acceptors (Lipinski definition) is 1. The Bertz CT molecular complexity index is 255. The Morgan fingerprint density at radius 1 is 1.27 bits per heavy atom. The fourth-order valence-electron chi connectivity index (χ4n) is 1.90. The SMILES string of the molecule is C=C(C)C[C@H]1CC=C[C@@H](CC(=C)C)N1.Cl. The van der Waals surface area contributed by atoms with Gasteiger partial charge in [-0.3, -0.25) is 0 Å². The van der Waals surface area contributed by atoms with Crippen LogP contribution in [0.1, 0.15) is 33.1 Å². The van der Waals surface area contributed by atoms with E-state index in [4.69, 9.17) is 0 Å². The van der Waals surface area contributed by atoms with E-state index in [1.807, 2.05) is 0 Å². The number of halogens is 1. The third kappa shape index (κ3) is 5.81. The van der Waals surface area contributed by atoms with Crippen molar-refractivity contribution in [3.8, 4) is 0 Å². The van der Waals surface area contributed by atoms with Gasteiger partial charge in [0.2, 0.25) is 0 Å². The number of hydrogen-bond donors (Lipinski definition) is 1. The van der Waals surface area contributed by atoms with E-state index in [2.05, 4.69) is 44.5 Å². The van der Waals surface area contributed by atoms with E-state index in [1.165, 1.54) is 11.1 Å². The summed E-state index contributed by atoms with van der Waals surface area (Å²) in [5.41, 5.74) is 2.50. The van der Waals surface area contributed by atoms with Crippen LogP contribution in [0.4, 0.5) is 0 Å². The van der Waals surface area contributed by atoms with Crippen molar-refractivity contribution in [1.82, 2.24) is 5.32 Å². The Morgan fingerprint density at radius 2 is 1.87 bits per heavy atom. The summed E-state index contributed by atoms with van der Waals surface area (Å²) in [6.45, 7) is 12.1. The molecule has 0 radical (unpaired) electrons. The van der Waals surface area contributed by atoms with Crippen molar-refractivity contribution >= 4 is 12.4 Å². The van der Waals surface area contributed by atoms with Gasteiger partial charge in [0.15, 0.2) is 0 Å². The fraction of sp³-hybridized carbons (Fsp3) is 0.538. The molecule has 0 aromatic carbocycles. The molecule has 0 bridgehead atoms. The van der Waals surface area contributed by atoms with E-state index in [1.54, 1.807) is 0 Å². The summed E-state index contributed by atoms with van der Waals surface area (Å²) >= 11 is 0. The molecule has 0 amide bonds. The molecule has 0 aromatic heterocycles. The van der Waals surface area contributed by atoms with Crippen LogP contribution >= 0.6 is 12.4 Å². The summed E-state index contributed by atoms with van der Waals surface area (Å²) in [7, 11) is 0. The first-order valence-corrected chi connectivity index (χ1v) is 5.29. The summed E-state index contributed by atoms with van der Waals surface area (Å²) < 4.78 is 0. The van der Waals surface area contributed by atoms with E-state index in [0.717, 1.165) is 19.3 Å². The van der Waals surface area contributed by atoms with Crippen LogP contribution in [0.15, 0.2) is 36.5 Å². The van der Waals surface area contributed by atoms with Crippen LogP contribution in [-0.4, -0.2) is 12.1 Å². The maximum absolute atomic E-state index is 3.95.